The fourth-order valence-corrected chi connectivity index (χ4v) is 6.66. The number of aromatic nitrogens is 2. The summed E-state index contributed by atoms with van der Waals surface area (Å²) >= 11 is 3.40. The molecule has 164 valence electrons. The molecule has 0 spiro atoms. The molecule has 0 aliphatic carbocycles. The van der Waals surface area contributed by atoms with Crippen LogP contribution >= 0.6 is 23.1 Å². The van der Waals surface area contributed by atoms with Crippen molar-refractivity contribution in [2.24, 2.45) is 0 Å². The van der Waals surface area contributed by atoms with Crippen molar-refractivity contribution in [1.82, 2.24) is 14.5 Å². The van der Waals surface area contributed by atoms with Crippen LogP contribution in [0, 0.1) is 0 Å². The zero-order valence-electron chi connectivity index (χ0n) is 18.3. The summed E-state index contributed by atoms with van der Waals surface area (Å²) in [6.07, 6.45) is 3.15. The molecule has 1 aliphatic heterocycles. The lowest BCUT2D eigenvalue weighted by Crippen LogP contribution is -2.30. The highest BCUT2D eigenvalue weighted by atomic mass is 32.2. The van der Waals surface area contributed by atoms with E-state index in [-0.39, 0.29) is 5.56 Å². The topological polar surface area (TPSA) is 38.1 Å². The van der Waals surface area contributed by atoms with Crippen LogP contribution in [0.4, 0.5) is 0 Å². The molecule has 32 heavy (non-hydrogen) atoms. The zero-order chi connectivity index (χ0) is 21.9. The molecule has 0 saturated carbocycles. The van der Waals surface area contributed by atoms with Gasteiger partial charge in [0.1, 0.15) is 4.83 Å². The van der Waals surface area contributed by atoms with E-state index in [1.807, 2.05) is 34.9 Å². The first-order valence-corrected chi connectivity index (χ1v) is 13.1. The van der Waals surface area contributed by atoms with Gasteiger partial charge in [0.05, 0.1) is 11.1 Å². The van der Waals surface area contributed by atoms with Gasteiger partial charge in [-0.1, -0.05) is 73.6 Å². The summed E-state index contributed by atoms with van der Waals surface area (Å²) in [5, 5.41) is 1.63. The van der Waals surface area contributed by atoms with Crippen LogP contribution in [0.3, 0.4) is 0 Å². The van der Waals surface area contributed by atoms with E-state index in [0.29, 0.717) is 0 Å². The first-order chi connectivity index (χ1) is 15.7. The number of hydrogen-bond donors (Lipinski definition) is 0. The van der Waals surface area contributed by atoms with Crippen molar-refractivity contribution in [3.05, 3.63) is 87.0 Å². The summed E-state index contributed by atoms with van der Waals surface area (Å²) < 4.78 is 1.83. The average Bonchev–Trinajstić information content (AvgIpc) is 3.18. The largest absolute Gasteiger partial charge is 0.294 e. The standard InChI is InChI=1S/C26H27N3OS2/c1-2-3-16-31-26-27-24-23(25(30)29(26)20-12-8-5-9-13-20)21-14-15-28(18-22(21)32-24)17-19-10-6-4-7-11-19/h4-13H,2-3,14-18H2,1H3. The number of nitrogens with zero attached hydrogens (tertiary/aromatic N) is 3. The predicted octanol–water partition coefficient (Wildman–Crippen LogP) is 5.90. The van der Waals surface area contributed by atoms with Crippen molar-refractivity contribution in [3.8, 4) is 5.69 Å². The number of thiophene rings is 1. The Hall–Kier alpha value is -2.41. The number of thioether (sulfide) groups is 1. The Morgan fingerprint density at radius 2 is 1.81 bits per heavy atom. The molecule has 1 aliphatic rings. The van der Waals surface area contributed by atoms with E-state index < -0.39 is 0 Å². The Bertz CT molecular complexity index is 1270. The Balaban J connectivity index is 1.54. The minimum Gasteiger partial charge on any atom is -0.294 e. The molecule has 3 heterocycles. The van der Waals surface area contributed by atoms with E-state index in [1.54, 1.807) is 23.1 Å². The van der Waals surface area contributed by atoms with Crippen molar-refractivity contribution < 1.29 is 0 Å². The van der Waals surface area contributed by atoms with Crippen LogP contribution in [0.25, 0.3) is 15.9 Å². The fraction of sp³-hybridized carbons (Fsp3) is 0.308. The highest BCUT2D eigenvalue weighted by molar-refractivity contribution is 7.99. The van der Waals surface area contributed by atoms with Gasteiger partial charge in [0.25, 0.3) is 5.56 Å². The van der Waals surface area contributed by atoms with Crippen molar-refractivity contribution in [1.29, 1.82) is 0 Å². The van der Waals surface area contributed by atoms with Crippen LogP contribution in [0.1, 0.15) is 35.8 Å². The number of rotatable bonds is 7. The number of para-hydroxylation sites is 1. The van der Waals surface area contributed by atoms with Crippen LogP contribution in [-0.2, 0) is 19.5 Å². The third kappa shape index (κ3) is 4.27. The minimum atomic E-state index is 0.0780. The summed E-state index contributed by atoms with van der Waals surface area (Å²) in [5.74, 6) is 0.969. The van der Waals surface area contributed by atoms with Gasteiger partial charge in [-0.15, -0.1) is 11.3 Å². The van der Waals surface area contributed by atoms with E-state index in [1.165, 1.54) is 16.0 Å². The van der Waals surface area contributed by atoms with Gasteiger partial charge < -0.3 is 0 Å². The molecule has 0 atom stereocenters. The summed E-state index contributed by atoms with van der Waals surface area (Å²) in [6, 6.07) is 20.6. The smallest absolute Gasteiger partial charge is 0.267 e. The quantitative estimate of drug-likeness (QED) is 0.195. The van der Waals surface area contributed by atoms with Crippen LogP contribution in [0.2, 0.25) is 0 Å². The number of benzene rings is 2. The highest BCUT2D eigenvalue weighted by Gasteiger charge is 2.25. The van der Waals surface area contributed by atoms with Gasteiger partial charge in [-0.2, -0.15) is 0 Å². The van der Waals surface area contributed by atoms with Crippen LogP contribution in [0.15, 0.2) is 70.6 Å². The lowest BCUT2D eigenvalue weighted by atomic mass is 10.0. The van der Waals surface area contributed by atoms with Crippen LogP contribution in [-0.4, -0.2) is 26.7 Å². The first-order valence-electron chi connectivity index (χ1n) is 11.3. The van der Waals surface area contributed by atoms with E-state index >= 15 is 0 Å². The number of hydrogen-bond acceptors (Lipinski definition) is 5. The molecule has 2 aromatic carbocycles. The average molecular weight is 462 g/mol. The highest BCUT2D eigenvalue weighted by Crippen LogP contribution is 2.34. The lowest BCUT2D eigenvalue weighted by molar-refractivity contribution is 0.249. The molecule has 0 unspecified atom stereocenters. The third-order valence-corrected chi connectivity index (χ3v) is 8.05. The van der Waals surface area contributed by atoms with Crippen molar-refractivity contribution in [2.45, 2.75) is 44.4 Å². The Kier molecular flexibility index (Phi) is 6.44. The molecule has 0 fully saturated rings. The molecule has 2 aromatic heterocycles. The van der Waals surface area contributed by atoms with Gasteiger partial charge in [-0.25, -0.2) is 4.98 Å². The molecule has 6 heteroatoms. The maximum absolute atomic E-state index is 13.8. The van der Waals surface area contributed by atoms with Gasteiger partial charge in [-0.3, -0.25) is 14.3 Å². The monoisotopic (exact) mass is 461 g/mol. The summed E-state index contributed by atoms with van der Waals surface area (Å²) in [6.45, 7) is 4.98. The lowest BCUT2D eigenvalue weighted by Gasteiger charge is -2.26. The summed E-state index contributed by atoms with van der Waals surface area (Å²) in [7, 11) is 0. The molecule has 0 amide bonds. The Morgan fingerprint density at radius 1 is 1.06 bits per heavy atom. The second kappa shape index (κ2) is 9.61. The maximum Gasteiger partial charge on any atom is 0.267 e. The normalized spacial score (nSPS) is 14.0. The molecular formula is C26H27N3OS2. The van der Waals surface area contributed by atoms with Crippen molar-refractivity contribution in [3.63, 3.8) is 0 Å². The third-order valence-electron chi connectivity index (χ3n) is 5.92. The fourth-order valence-electron chi connectivity index (χ4n) is 4.26. The molecule has 5 rings (SSSR count). The van der Waals surface area contributed by atoms with E-state index in [0.717, 1.165) is 65.7 Å². The number of unbranched alkanes of at least 4 members (excludes halogenated alkanes) is 1. The molecule has 4 aromatic rings. The Labute approximate surface area is 196 Å². The van der Waals surface area contributed by atoms with Crippen LogP contribution < -0.4 is 5.56 Å². The Morgan fingerprint density at radius 3 is 2.56 bits per heavy atom. The van der Waals surface area contributed by atoms with Crippen molar-refractivity contribution >= 4 is 33.3 Å². The van der Waals surface area contributed by atoms with Gasteiger partial charge in [0.2, 0.25) is 0 Å². The molecular weight excluding hydrogens is 434 g/mol. The molecule has 0 N–H and O–H groups in total. The van der Waals surface area contributed by atoms with E-state index in [9.17, 15) is 4.79 Å². The molecule has 4 nitrogen and oxygen atoms in total. The second-order valence-electron chi connectivity index (χ2n) is 8.20. The SMILES string of the molecule is CCCCSc1nc2sc3c(c2c(=O)n1-c1ccccc1)CCN(Cc1ccccc1)C3. The van der Waals surface area contributed by atoms with E-state index in [2.05, 4.69) is 42.2 Å². The molecule has 0 saturated heterocycles. The summed E-state index contributed by atoms with van der Waals surface area (Å²) in [4.78, 5) is 23.5. The van der Waals surface area contributed by atoms with Gasteiger partial charge >= 0.3 is 0 Å². The van der Waals surface area contributed by atoms with Gasteiger partial charge in [0, 0.05) is 30.3 Å². The molecule has 0 bridgehead atoms. The predicted molar refractivity (Wildman–Crippen MR) is 135 cm³/mol. The van der Waals surface area contributed by atoms with Gasteiger partial charge in [0.15, 0.2) is 5.16 Å². The van der Waals surface area contributed by atoms with E-state index in [4.69, 9.17) is 4.98 Å². The van der Waals surface area contributed by atoms with Crippen LogP contribution in [0.5, 0.6) is 0 Å². The summed E-state index contributed by atoms with van der Waals surface area (Å²) in [5.41, 5.74) is 3.51. The zero-order valence-corrected chi connectivity index (χ0v) is 19.9. The number of fused-ring (bicyclic) bond motifs is 3. The van der Waals surface area contributed by atoms with Gasteiger partial charge in [-0.05, 0) is 36.1 Å². The maximum atomic E-state index is 13.8. The minimum absolute atomic E-state index is 0.0780. The second-order valence-corrected chi connectivity index (χ2v) is 10.3. The molecule has 0 radical (unpaired) electrons. The first kappa shape index (κ1) is 21.4. The van der Waals surface area contributed by atoms with Crippen molar-refractivity contribution in [2.75, 3.05) is 12.3 Å².